The quantitative estimate of drug-likeness (QED) is 0.241. The van der Waals surface area contributed by atoms with Crippen molar-refractivity contribution in [2.75, 3.05) is 9.80 Å². The van der Waals surface area contributed by atoms with Crippen molar-refractivity contribution < 1.29 is 0 Å². The van der Waals surface area contributed by atoms with Crippen molar-refractivity contribution in [1.29, 1.82) is 0 Å². The molecule has 190 valence electrons. The summed E-state index contributed by atoms with van der Waals surface area (Å²) in [4.78, 5) is 12.6. The molecule has 4 nitrogen and oxygen atoms in total. The Morgan fingerprint density at radius 2 is 1.12 bits per heavy atom. The van der Waals surface area contributed by atoms with Crippen LogP contribution >= 0.6 is 0 Å². The summed E-state index contributed by atoms with van der Waals surface area (Å²) in [5, 5.41) is 3.74. The lowest BCUT2D eigenvalue weighted by Crippen LogP contribution is -2.24. The molecule has 3 heterocycles. The average Bonchev–Trinajstić information content (AvgIpc) is 3.59. The third kappa shape index (κ3) is 2.90. The number of hydrogen-bond acceptors (Lipinski definition) is 2. The van der Waals surface area contributed by atoms with Gasteiger partial charge in [-0.25, -0.2) is 0 Å². The number of anilines is 6. The van der Waals surface area contributed by atoms with Gasteiger partial charge in [-0.15, -0.1) is 0 Å². The Hall–Kier alpha value is -5.22. The van der Waals surface area contributed by atoms with Gasteiger partial charge in [0.15, 0.2) is 0 Å². The van der Waals surface area contributed by atoms with Gasteiger partial charge in [0, 0.05) is 44.3 Å². The zero-order chi connectivity index (χ0) is 26.2. The Kier molecular flexibility index (Phi) is 4.41. The van der Waals surface area contributed by atoms with E-state index in [0.29, 0.717) is 0 Å². The Bertz CT molecular complexity index is 2120. The lowest BCUT2D eigenvalue weighted by atomic mass is 9.98. The van der Waals surface area contributed by atoms with Gasteiger partial charge in [0.25, 0.3) is 0 Å². The maximum atomic E-state index is 3.88. The minimum Gasteiger partial charge on any atom is -0.356 e. The van der Waals surface area contributed by atoms with E-state index in [4.69, 9.17) is 0 Å². The van der Waals surface area contributed by atoms with E-state index in [0.717, 1.165) is 52.3 Å². The van der Waals surface area contributed by atoms with Crippen molar-refractivity contribution in [3.05, 3.63) is 127 Å². The Morgan fingerprint density at radius 3 is 1.82 bits per heavy atom. The molecule has 0 saturated heterocycles. The van der Waals surface area contributed by atoms with Crippen molar-refractivity contribution in [2.24, 2.45) is 0 Å². The van der Waals surface area contributed by atoms with E-state index in [1.807, 2.05) is 0 Å². The topological polar surface area (TPSA) is 38.1 Å². The van der Waals surface area contributed by atoms with Crippen LogP contribution in [0.1, 0.15) is 17.7 Å². The summed E-state index contributed by atoms with van der Waals surface area (Å²) in [5.74, 6) is 0. The molecule has 40 heavy (non-hydrogen) atoms. The van der Waals surface area contributed by atoms with Gasteiger partial charge in [0.05, 0.1) is 33.8 Å². The molecular weight excluding hydrogens is 488 g/mol. The van der Waals surface area contributed by atoms with Crippen LogP contribution in [0.5, 0.6) is 0 Å². The fraction of sp³-hybridized carbons (Fsp3) is 0.0556. The number of fused-ring (bicyclic) bond motifs is 10. The number of nitrogens with zero attached hydrogens (tertiary/aromatic N) is 2. The van der Waals surface area contributed by atoms with E-state index in [1.54, 1.807) is 0 Å². The highest BCUT2D eigenvalue weighted by Gasteiger charge is 2.35. The van der Waals surface area contributed by atoms with Crippen LogP contribution in [0.15, 0.2) is 115 Å². The summed E-state index contributed by atoms with van der Waals surface area (Å²) in [6.45, 7) is 0. The fourth-order valence-corrected chi connectivity index (χ4v) is 6.77. The van der Waals surface area contributed by atoms with Crippen LogP contribution in [0.25, 0.3) is 38.8 Å². The van der Waals surface area contributed by atoms with Crippen molar-refractivity contribution in [2.45, 2.75) is 12.8 Å². The van der Waals surface area contributed by atoms with Gasteiger partial charge < -0.3 is 19.8 Å². The zero-order valence-electron chi connectivity index (χ0n) is 21.9. The molecule has 0 saturated carbocycles. The number of rotatable bonds is 2. The number of para-hydroxylation sites is 3. The maximum absolute atomic E-state index is 3.88. The van der Waals surface area contributed by atoms with Crippen molar-refractivity contribution >= 4 is 72.9 Å². The number of aromatic amines is 2. The SMILES string of the molecule is C1=Cc2c([nH]c3c4c(ccc23)N(c2ccccc2)c2c(ccc3c2[nH]c2ccccc23)N4c2ccccc2)CC1. The van der Waals surface area contributed by atoms with Crippen LogP contribution in [0.4, 0.5) is 34.1 Å². The summed E-state index contributed by atoms with van der Waals surface area (Å²) in [7, 11) is 0. The molecule has 0 spiro atoms. The number of hydrogen-bond donors (Lipinski definition) is 2. The number of H-pyrrole nitrogens is 2. The molecule has 0 bridgehead atoms. The normalized spacial score (nSPS) is 14.1. The lowest BCUT2D eigenvalue weighted by Gasteiger charge is -2.41. The molecule has 0 unspecified atom stereocenters. The second kappa shape index (κ2) is 8.14. The van der Waals surface area contributed by atoms with E-state index in [2.05, 4.69) is 141 Å². The van der Waals surface area contributed by atoms with E-state index in [9.17, 15) is 0 Å². The average molecular weight is 515 g/mol. The minimum absolute atomic E-state index is 1.04. The van der Waals surface area contributed by atoms with Crippen molar-refractivity contribution in [3.63, 3.8) is 0 Å². The summed E-state index contributed by atoms with van der Waals surface area (Å²) < 4.78 is 0. The monoisotopic (exact) mass is 514 g/mol. The summed E-state index contributed by atoms with van der Waals surface area (Å²) in [6, 6.07) is 39.3. The standard InChI is InChI=1S/C36H26N4/c1-3-11-23(12-4-1)39-31-21-19-28-26-16-8-10-18-30(26)38-34(28)36(31)40(24-13-5-2-6-14-24)32-22-20-27-25-15-7-9-17-29(25)37-33(27)35(32)39/h1-9,11-17,19-22,37-38H,10,18H2. The van der Waals surface area contributed by atoms with Crippen LogP contribution in [0, 0.1) is 0 Å². The minimum atomic E-state index is 1.04. The molecular formula is C36H26N4. The second-order valence-corrected chi connectivity index (χ2v) is 10.7. The first-order valence-corrected chi connectivity index (χ1v) is 13.9. The third-order valence-electron chi connectivity index (χ3n) is 8.48. The first-order valence-electron chi connectivity index (χ1n) is 13.9. The summed E-state index contributed by atoms with van der Waals surface area (Å²) in [6.07, 6.45) is 6.69. The molecule has 4 heteroatoms. The molecule has 5 aromatic carbocycles. The molecule has 9 rings (SSSR count). The Labute approximate surface area is 231 Å². The van der Waals surface area contributed by atoms with E-state index < -0.39 is 0 Å². The van der Waals surface area contributed by atoms with Crippen LogP contribution in [0.3, 0.4) is 0 Å². The smallest absolute Gasteiger partial charge is 0.0948 e. The van der Waals surface area contributed by atoms with Gasteiger partial charge in [-0.3, -0.25) is 0 Å². The van der Waals surface area contributed by atoms with Gasteiger partial charge in [0.2, 0.25) is 0 Å². The number of benzene rings is 5. The lowest BCUT2D eigenvalue weighted by molar-refractivity contribution is 0.950. The molecule has 2 aromatic heterocycles. The number of aryl methyl sites for hydroxylation is 1. The first-order chi connectivity index (χ1) is 19.9. The Morgan fingerprint density at radius 1 is 0.525 bits per heavy atom. The highest BCUT2D eigenvalue weighted by atomic mass is 15.3. The van der Waals surface area contributed by atoms with Crippen LogP contribution in [-0.2, 0) is 6.42 Å². The molecule has 1 aliphatic carbocycles. The Balaban J connectivity index is 1.45. The van der Waals surface area contributed by atoms with Crippen molar-refractivity contribution in [3.8, 4) is 0 Å². The van der Waals surface area contributed by atoms with Gasteiger partial charge in [0.1, 0.15) is 0 Å². The summed E-state index contributed by atoms with van der Waals surface area (Å²) in [5.41, 5.74) is 13.0. The molecule has 0 fully saturated rings. The number of aromatic nitrogens is 2. The molecule has 2 N–H and O–H groups in total. The maximum Gasteiger partial charge on any atom is 0.0948 e. The van der Waals surface area contributed by atoms with E-state index in [-0.39, 0.29) is 0 Å². The van der Waals surface area contributed by atoms with E-state index >= 15 is 0 Å². The highest BCUT2D eigenvalue weighted by molar-refractivity contribution is 6.20. The van der Waals surface area contributed by atoms with Gasteiger partial charge in [-0.2, -0.15) is 0 Å². The highest BCUT2D eigenvalue weighted by Crippen LogP contribution is 2.58. The molecule has 7 aromatic rings. The van der Waals surface area contributed by atoms with E-state index in [1.165, 1.54) is 38.6 Å². The molecule has 2 aliphatic rings. The van der Waals surface area contributed by atoms with Crippen molar-refractivity contribution in [1.82, 2.24) is 9.97 Å². The summed E-state index contributed by atoms with van der Waals surface area (Å²) >= 11 is 0. The first kappa shape index (κ1) is 21.7. The van der Waals surface area contributed by atoms with Gasteiger partial charge in [-0.1, -0.05) is 66.7 Å². The van der Waals surface area contributed by atoms with Crippen LogP contribution in [0.2, 0.25) is 0 Å². The fourth-order valence-electron chi connectivity index (χ4n) is 6.77. The predicted octanol–water partition coefficient (Wildman–Crippen LogP) is 10.0. The molecule has 0 radical (unpaired) electrons. The number of nitrogens with one attached hydrogen (secondary N) is 2. The molecule has 1 aliphatic heterocycles. The van der Waals surface area contributed by atoms with Crippen LogP contribution in [-0.4, -0.2) is 9.97 Å². The van der Waals surface area contributed by atoms with Gasteiger partial charge in [-0.05, 0) is 67.4 Å². The van der Waals surface area contributed by atoms with Crippen LogP contribution < -0.4 is 9.80 Å². The number of allylic oxidation sites excluding steroid dienone is 1. The molecule has 0 amide bonds. The molecule has 0 atom stereocenters. The predicted molar refractivity (Wildman–Crippen MR) is 168 cm³/mol. The third-order valence-corrected chi connectivity index (χ3v) is 8.48. The second-order valence-electron chi connectivity index (χ2n) is 10.7. The van der Waals surface area contributed by atoms with Gasteiger partial charge >= 0.3 is 0 Å². The zero-order valence-corrected chi connectivity index (χ0v) is 21.9. The largest absolute Gasteiger partial charge is 0.356 e.